The number of hydrogen-bond donors (Lipinski definition) is 1. The number of nitrogens with zero attached hydrogens (tertiary/aromatic N) is 2. The number of fused-ring (bicyclic) bond motifs is 1. The Morgan fingerprint density at radius 2 is 2.10 bits per heavy atom. The van der Waals surface area contributed by atoms with Crippen molar-refractivity contribution in [2.75, 3.05) is 32.1 Å². The Balaban J connectivity index is 2.23. The van der Waals surface area contributed by atoms with Crippen molar-refractivity contribution in [2.24, 2.45) is 0 Å². The van der Waals surface area contributed by atoms with Crippen molar-refractivity contribution in [1.29, 1.82) is 0 Å². The molecule has 2 rings (SSSR count). The molecule has 0 aliphatic rings. The smallest absolute Gasteiger partial charge is 0.241 e. The number of benzene rings is 1. The number of anilines is 1. The van der Waals surface area contributed by atoms with E-state index in [2.05, 4.69) is 10.3 Å². The maximum atomic E-state index is 12.1. The van der Waals surface area contributed by atoms with Gasteiger partial charge in [-0.25, -0.2) is 0 Å². The molecule has 1 amide bonds. The highest BCUT2D eigenvalue weighted by Crippen LogP contribution is 2.27. The van der Waals surface area contributed by atoms with Gasteiger partial charge in [0.2, 0.25) is 5.91 Å². The van der Waals surface area contributed by atoms with Gasteiger partial charge in [0.1, 0.15) is 5.75 Å². The highest BCUT2D eigenvalue weighted by molar-refractivity contribution is 5.93. The highest BCUT2D eigenvalue weighted by atomic mass is 16.5. The van der Waals surface area contributed by atoms with Gasteiger partial charge in [0, 0.05) is 30.7 Å². The number of carbonyl (C=O) groups is 1. The number of rotatable bonds is 6. The van der Waals surface area contributed by atoms with E-state index in [1.54, 1.807) is 18.2 Å². The molecule has 2 aromatic rings. The lowest BCUT2D eigenvalue weighted by atomic mass is 10.1. The fraction of sp³-hybridized carbons (Fsp3) is 0.375. The predicted molar refractivity (Wildman–Crippen MR) is 84.7 cm³/mol. The van der Waals surface area contributed by atoms with Gasteiger partial charge >= 0.3 is 0 Å². The lowest BCUT2D eigenvalue weighted by molar-refractivity contribution is -0.128. The number of pyridine rings is 1. The molecular weight excluding hydrogens is 266 g/mol. The van der Waals surface area contributed by atoms with Crippen LogP contribution in [0.15, 0.2) is 30.5 Å². The summed E-state index contributed by atoms with van der Waals surface area (Å²) in [5.41, 5.74) is 1.65. The summed E-state index contributed by atoms with van der Waals surface area (Å²) in [5.74, 6) is 0.820. The van der Waals surface area contributed by atoms with Crippen LogP contribution in [0.2, 0.25) is 0 Å². The van der Waals surface area contributed by atoms with Gasteiger partial charge in [0.15, 0.2) is 0 Å². The minimum atomic E-state index is 0.0758. The molecule has 0 radical (unpaired) electrons. The van der Waals surface area contributed by atoms with Gasteiger partial charge in [-0.15, -0.1) is 0 Å². The fourth-order valence-corrected chi connectivity index (χ4v) is 2.28. The zero-order valence-corrected chi connectivity index (χ0v) is 12.7. The Hall–Kier alpha value is -2.30. The first-order chi connectivity index (χ1) is 10.2. The Morgan fingerprint density at radius 1 is 1.33 bits per heavy atom. The predicted octanol–water partition coefficient (Wildman–Crippen LogP) is 2.52. The van der Waals surface area contributed by atoms with Gasteiger partial charge < -0.3 is 15.0 Å². The SMILES string of the molecule is CCN(CC)C(=O)CNc1cc(OC)cc2cccnc12. The van der Waals surface area contributed by atoms with E-state index in [0.29, 0.717) is 13.1 Å². The fourth-order valence-electron chi connectivity index (χ4n) is 2.28. The molecule has 0 bridgehead atoms. The van der Waals surface area contributed by atoms with Crippen molar-refractivity contribution in [3.8, 4) is 5.75 Å². The molecule has 5 heteroatoms. The number of ether oxygens (including phenoxy) is 1. The van der Waals surface area contributed by atoms with Crippen LogP contribution in [0.4, 0.5) is 5.69 Å². The van der Waals surface area contributed by atoms with Gasteiger partial charge in [-0.05, 0) is 26.0 Å². The van der Waals surface area contributed by atoms with Crippen LogP contribution in [0.25, 0.3) is 10.9 Å². The second kappa shape index (κ2) is 6.92. The maximum absolute atomic E-state index is 12.1. The molecule has 1 N–H and O–H groups in total. The summed E-state index contributed by atoms with van der Waals surface area (Å²) >= 11 is 0. The van der Waals surface area contributed by atoms with Crippen LogP contribution in [0, 0.1) is 0 Å². The Bertz CT molecular complexity index is 624. The molecule has 0 atom stereocenters. The van der Waals surface area contributed by atoms with Crippen molar-refractivity contribution in [3.63, 3.8) is 0 Å². The van der Waals surface area contributed by atoms with Crippen molar-refractivity contribution in [2.45, 2.75) is 13.8 Å². The molecule has 1 aromatic carbocycles. The molecule has 0 saturated carbocycles. The Morgan fingerprint density at radius 3 is 2.76 bits per heavy atom. The minimum absolute atomic E-state index is 0.0758. The number of hydrogen-bond acceptors (Lipinski definition) is 4. The minimum Gasteiger partial charge on any atom is -0.497 e. The first kappa shape index (κ1) is 15.1. The molecule has 0 aliphatic carbocycles. The third-order valence-corrected chi connectivity index (χ3v) is 3.46. The Kier molecular flexibility index (Phi) is 4.98. The van der Waals surface area contributed by atoms with E-state index in [1.165, 1.54) is 0 Å². The number of likely N-dealkylation sites (N-methyl/N-ethyl adjacent to an activating group) is 1. The molecule has 21 heavy (non-hydrogen) atoms. The summed E-state index contributed by atoms with van der Waals surface area (Å²) in [6, 6.07) is 7.65. The standard InChI is InChI=1S/C16H21N3O2/c1-4-19(5-2)15(20)11-18-14-10-13(21-3)9-12-7-6-8-17-16(12)14/h6-10,18H,4-5,11H2,1-3H3. The number of methoxy groups -OCH3 is 1. The van der Waals surface area contributed by atoms with Gasteiger partial charge in [0.25, 0.3) is 0 Å². The molecule has 0 spiro atoms. The second-order valence-corrected chi connectivity index (χ2v) is 4.67. The normalized spacial score (nSPS) is 10.4. The second-order valence-electron chi connectivity index (χ2n) is 4.67. The number of amides is 1. The van der Waals surface area contributed by atoms with Gasteiger partial charge in [-0.2, -0.15) is 0 Å². The summed E-state index contributed by atoms with van der Waals surface area (Å²) in [6.07, 6.45) is 1.74. The third kappa shape index (κ3) is 3.42. The number of nitrogens with one attached hydrogen (secondary N) is 1. The first-order valence-electron chi connectivity index (χ1n) is 7.14. The number of carbonyl (C=O) groups excluding carboxylic acids is 1. The van der Waals surface area contributed by atoms with Gasteiger partial charge in [-0.1, -0.05) is 6.07 Å². The monoisotopic (exact) mass is 287 g/mol. The maximum Gasteiger partial charge on any atom is 0.241 e. The summed E-state index contributed by atoms with van der Waals surface area (Å²) < 4.78 is 5.30. The van der Waals surface area contributed by atoms with E-state index in [0.717, 1.165) is 22.3 Å². The van der Waals surface area contributed by atoms with Crippen LogP contribution >= 0.6 is 0 Å². The molecule has 5 nitrogen and oxygen atoms in total. The van der Waals surface area contributed by atoms with Crippen LogP contribution in [0.5, 0.6) is 5.75 Å². The summed E-state index contributed by atoms with van der Waals surface area (Å²) in [6.45, 7) is 5.64. The largest absolute Gasteiger partial charge is 0.497 e. The van der Waals surface area contributed by atoms with E-state index in [4.69, 9.17) is 4.74 Å². The van der Waals surface area contributed by atoms with Crippen LogP contribution < -0.4 is 10.1 Å². The van der Waals surface area contributed by atoms with Crippen molar-refractivity contribution >= 4 is 22.5 Å². The zero-order valence-electron chi connectivity index (χ0n) is 12.7. The van der Waals surface area contributed by atoms with Gasteiger partial charge in [-0.3, -0.25) is 9.78 Å². The molecular formula is C16H21N3O2. The average Bonchev–Trinajstić information content (AvgIpc) is 2.53. The average molecular weight is 287 g/mol. The highest BCUT2D eigenvalue weighted by Gasteiger charge is 2.11. The van der Waals surface area contributed by atoms with E-state index in [1.807, 2.05) is 38.1 Å². The third-order valence-electron chi connectivity index (χ3n) is 3.46. The lowest BCUT2D eigenvalue weighted by Crippen LogP contribution is -2.35. The summed E-state index contributed by atoms with van der Waals surface area (Å²) in [7, 11) is 1.63. The summed E-state index contributed by atoms with van der Waals surface area (Å²) in [4.78, 5) is 18.3. The van der Waals surface area contributed by atoms with Crippen molar-refractivity contribution in [3.05, 3.63) is 30.5 Å². The number of aromatic nitrogens is 1. The molecule has 0 aliphatic heterocycles. The topological polar surface area (TPSA) is 54.5 Å². The van der Waals surface area contributed by atoms with E-state index in [-0.39, 0.29) is 12.5 Å². The van der Waals surface area contributed by atoms with Gasteiger partial charge in [0.05, 0.1) is 24.9 Å². The van der Waals surface area contributed by atoms with E-state index >= 15 is 0 Å². The van der Waals surface area contributed by atoms with E-state index in [9.17, 15) is 4.79 Å². The summed E-state index contributed by atoms with van der Waals surface area (Å²) in [5, 5.41) is 4.16. The molecule has 0 unspecified atom stereocenters. The molecule has 112 valence electrons. The van der Waals surface area contributed by atoms with E-state index < -0.39 is 0 Å². The molecule has 1 aromatic heterocycles. The van der Waals surface area contributed by atoms with Crippen LogP contribution in [-0.2, 0) is 4.79 Å². The van der Waals surface area contributed by atoms with Crippen LogP contribution in [0.3, 0.4) is 0 Å². The van der Waals surface area contributed by atoms with Crippen molar-refractivity contribution < 1.29 is 9.53 Å². The van der Waals surface area contributed by atoms with Crippen LogP contribution in [0.1, 0.15) is 13.8 Å². The quantitative estimate of drug-likeness (QED) is 0.887. The molecule has 0 saturated heterocycles. The lowest BCUT2D eigenvalue weighted by Gasteiger charge is -2.19. The Labute approximate surface area is 124 Å². The van der Waals surface area contributed by atoms with Crippen molar-refractivity contribution in [1.82, 2.24) is 9.88 Å². The zero-order chi connectivity index (χ0) is 15.2. The molecule has 1 heterocycles. The molecule has 0 fully saturated rings. The first-order valence-corrected chi connectivity index (χ1v) is 7.14. The van der Waals surface area contributed by atoms with Crippen LogP contribution in [-0.4, -0.2) is 42.5 Å².